The molecule has 0 saturated heterocycles. The average Bonchev–Trinajstić information content (AvgIpc) is 3.31. The molecule has 5 rings (SSSR count). The largest absolute Gasteiger partial charge is 0.474 e. The molecule has 0 aliphatic heterocycles. The predicted molar refractivity (Wildman–Crippen MR) is 128 cm³/mol. The zero-order valence-electron chi connectivity index (χ0n) is 18.9. The molecule has 182 valence electrons. The van der Waals surface area contributed by atoms with Crippen molar-refractivity contribution >= 4 is 26.7 Å². The van der Waals surface area contributed by atoms with Crippen LogP contribution in [0.4, 0.5) is 10.1 Å². The van der Waals surface area contributed by atoms with Crippen molar-refractivity contribution < 1.29 is 22.7 Å². The van der Waals surface area contributed by atoms with Crippen molar-refractivity contribution in [2.75, 3.05) is 4.72 Å². The molecule has 1 aliphatic rings. The van der Waals surface area contributed by atoms with Crippen molar-refractivity contribution in [1.29, 1.82) is 0 Å². The van der Waals surface area contributed by atoms with E-state index in [0.717, 1.165) is 18.9 Å². The van der Waals surface area contributed by atoms with E-state index >= 15 is 0 Å². The number of rotatable bonds is 6. The standard InChI is InChI=1S/C24H24FN5O4S/c1-14-2-11-20(25)21(12-14)35(32,33)30-16-5-3-15(4-6-16)22-27-23-19(13-26-29-23)24(28-22)34-18-9-7-17(31)8-10-18/h2-6,11-13,17-18,30-31H,7-10H2,1H3,(H,26,27,28,29). The number of nitrogens with one attached hydrogen (secondary N) is 2. The molecule has 3 N–H and O–H groups in total. The van der Waals surface area contributed by atoms with Gasteiger partial charge in [-0.1, -0.05) is 6.07 Å². The smallest absolute Gasteiger partial charge is 0.264 e. The van der Waals surface area contributed by atoms with Crippen LogP contribution in [0.15, 0.2) is 53.6 Å². The van der Waals surface area contributed by atoms with E-state index in [9.17, 15) is 17.9 Å². The number of aliphatic hydroxyl groups excluding tert-OH is 1. The van der Waals surface area contributed by atoms with E-state index in [2.05, 4.69) is 24.9 Å². The van der Waals surface area contributed by atoms with Crippen LogP contribution in [0.3, 0.4) is 0 Å². The Morgan fingerprint density at radius 2 is 1.83 bits per heavy atom. The first-order valence-electron chi connectivity index (χ1n) is 11.2. The zero-order valence-corrected chi connectivity index (χ0v) is 19.7. The summed E-state index contributed by atoms with van der Waals surface area (Å²) in [5, 5.41) is 17.3. The maximum Gasteiger partial charge on any atom is 0.264 e. The predicted octanol–water partition coefficient (Wildman–Crippen LogP) is 3.95. The molecular formula is C24H24FN5O4S. The maximum atomic E-state index is 14.1. The van der Waals surface area contributed by atoms with Crippen molar-refractivity contribution in [3.8, 4) is 17.3 Å². The normalized spacial score (nSPS) is 18.5. The fraction of sp³-hybridized carbons (Fsp3) is 0.292. The lowest BCUT2D eigenvalue weighted by atomic mass is 9.95. The topological polar surface area (TPSA) is 130 Å². The minimum Gasteiger partial charge on any atom is -0.474 e. The number of aryl methyl sites for hydroxylation is 1. The number of anilines is 1. The number of nitrogens with zero attached hydrogens (tertiary/aromatic N) is 3. The van der Waals surface area contributed by atoms with Crippen LogP contribution in [0.5, 0.6) is 5.88 Å². The monoisotopic (exact) mass is 497 g/mol. The van der Waals surface area contributed by atoms with Gasteiger partial charge in [0.15, 0.2) is 11.5 Å². The van der Waals surface area contributed by atoms with E-state index in [1.165, 1.54) is 12.1 Å². The number of hydrogen-bond donors (Lipinski definition) is 3. The first-order chi connectivity index (χ1) is 16.8. The van der Waals surface area contributed by atoms with Gasteiger partial charge in [-0.2, -0.15) is 10.1 Å². The molecule has 4 aromatic rings. The second-order valence-corrected chi connectivity index (χ2v) is 10.3. The third-order valence-electron chi connectivity index (χ3n) is 5.97. The highest BCUT2D eigenvalue weighted by atomic mass is 32.2. The van der Waals surface area contributed by atoms with Gasteiger partial charge in [-0.15, -0.1) is 0 Å². The highest BCUT2D eigenvalue weighted by Gasteiger charge is 2.23. The highest BCUT2D eigenvalue weighted by molar-refractivity contribution is 7.92. The summed E-state index contributed by atoms with van der Waals surface area (Å²) >= 11 is 0. The number of aromatic nitrogens is 4. The number of benzene rings is 2. The molecule has 0 amide bonds. The second kappa shape index (κ2) is 9.23. The van der Waals surface area contributed by atoms with Gasteiger partial charge in [0.2, 0.25) is 5.88 Å². The van der Waals surface area contributed by atoms with Crippen LogP contribution in [0.25, 0.3) is 22.4 Å². The SMILES string of the molecule is Cc1ccc(F)c(S(=O)(=O)Nc2ccc(-c3nc(OC4CCC(O)CC4)c4cn[nH]c4n3)cc2)c1. The Hall–Kier alpha value is -3.57. The van der Waals surface area contributed by atoms with Gasteiger partial charge in [0.1, 0.15) is 22.2 Å². The van der Waals surface area contributed by atoms with E-state index in [4.69, 9.17) is 4.74 Å². The molecule has 0 atom stereocenters. The maximum absolute atomic E-state index is 14.1. The fourth-order valence-corrected chi connectivity index (χ4v) is 5.28. The van der Waals surface area contributed by atoms with E-state index in [1.54, 1.807) is 37.4 Å². The van der Waals surface area contributed by atoms with Crippen molar-refractivity contribution in [2.45, 2.75) is 49.7 Å². The number of sulfonamides is 1. The van der Waals surface area contributed by atoms with Crippen LogP contribution in [0.2, 0.25) is 0 Å². The summed E-state index contributed by atoms with van der Waals surface area (Å²) in [7, 11) is -4.10. The summed E-state index contributed by atoms with van der Waals surface area (Å²) in [4.78, 5) is 8.68. The summed E-state index contributed by atoms with van der Waals surface area (Å²) in [6.45, 7) is 1.69. The van der Waals surface area contributed by atoms with Crippen molar-refractivity contribution in [1.82, 2.24) is 20.2 Å². The van der Waals surface area contributed by atoms with Gasteiger partial charge in [0, 0.05) is 11.3 Å². The summed E-state index contributed by atoms with van der Waals surface area (Å²) < 4.78 is 48.0. The number of hydrogen-bond acceptors (Lipinski definition) is 7. The average molecular weight is 498 g/mol. The van der Waals surface area contributed by atoms with Gasteiger partial charge >= 0.3 is 0 Å². The lowest BCUT2D eigenvalue weighted by Crippen LogP contribution is -2.26. The van der Waals surface area contributed by atoms with Crippen LogP contribution in [-0.4, -0.2) is 45.9 Å². The minimum absolute atomic E-state index is 0.0574. The molecular weight excluding hydrogens is 473 g/mol. The highest BCUT2D eigenvalue weighted by Crippen LogP contribution is 2.30. The Morgan fingerprint density at radius 1 is 1.09 bits per heavy atom. The van der Waals surface area contributed by atoms with Crippen LogP contribution < -0.4 is 9.46 Å². The second-order valence-electron chi connectivity index (χ2n) is 8.65. The van der Waals surface area contributed by atoms with Crippen LogP contribution in [-0.2, 0) is 10.0 Å². The van der Waals surface area contributed by atoms with Gasteiger partial charge in [0.25, 0.3) is 10.0 Å². The molecule has 11 heteroatoms. The number of ether oxygens (including phenoxy) is 1. The zero-order chi connectivity index (χ0) is 24.6. The van der Waals surface area contributed by atoms with Gasteiger partial charge in [-0.3, -0.25) is 9.82 Å². The molecule has 0 unspecified atom stereocenters. The number of fused-ring (bicyclic) bond motifs is 1. The van der Waals surface area contributed by atoms with Gasteiger partial charge in [-0.25, -0.2) is 17.8 Å². The molecule has 0 spiro atoms. The number of aliphatic hydroxyl groups is 1. The Balaban J connectivity index is 1.39. The minimum atomic E-state index is -4.10. The number of halogens is 1. The summed E-state index contributed by atoms with van der Waals surface area (Å²) in [6.07, 6.45) is 4.09. The van der Waals surface area contributed by atoms with Gasteiger partial charge in [-0.05, 0) is 74.6 Å². The summed E-state index contributed by atoms with van der Waals surface area (Å²) in [5.74, 6) is -0.0347. The molecule has 0 radical (unpaired) electrons. The molecule has 1 fully saturated rings. The Kier molecular flexibility index (Phi) is 6.12. The van der Waals surface area contributed by atoms with Crippen molar-refractivity contribution in [3.05, 3.63) is 60.0 Å². The Labute approximate surface area is 201 Å². The van der Waals surface area contributed by atoms with Crippen molar-refractivity contribution in [3.63, 3.8) is 0 Å². The Morgan fingerprint density at radius 3 is 2.57 bits per heavy atom. The third kappa shape index (κ3) is 4.96. The van der Waals surface area contributed by atoms with Crippen LogP contribution in [0, 0.1) is 12.7 Å². The summed E-state index contributed by atoms with van der Waals surface area (Å²) in [5.41, 5.74) is 2.06. The lowest BCUT2D eigenvalue weighted by Gasteiger charge is -2.25. The molecule has 2 heterocycles. The first kappa shape index (κ1) is 23.2. The van der Waals surface area contributed by atoms with E-state index in [0.29, 0.717) is 46.7 Å². The number of H-pyrrole nitrogens is 1. The summed E-state index contributed by atoms with van der Waals surface area (Å²) in [6, 6.07) is 10.4. The van der Waals surface area contributed by atoms with Gasteiger partial charge in [0.05, 0.1) is 12.3 Å². The molecule has 1 aliphatic carbocycles. The molecule has 35 heavy (non-hydrogen) atoms. The molecule has 2 aromatic carbocycles. The van der Waals surface area contributed by atoms with Gasteiger partial charge < -0.3 is 9.84 Å². The first-order valence-corrected chi connectivity index (χ1v) is 12.7. The van der Waals surface area contributed by atoms with E-state index in [1.807, 2.05) is 0 Å². The van der Waals surface area contributed by atoms with Crippen LogP contribution >= 0.6 is 0 Å². The molecule has 1 saturated carbocycles. The van der Waals surface area contributed by atoms with E-state index in [-0.39, 0.29) is 17.9 Å². The lowest BCUT2D eigenvalue weighted by molar-refractivity contribution is 0.0652. The molecule has 2 aromatic heterocycles. The number of aromatic amines is 1. The van der Waals surface area contributed by atoms with E-state index < -0.39 is 20.7 Å². The quantitative estimate of drug-likeness (QED) is 0.368. The fourth-order valence-electron chi connectivity index (χ4n) is 4.06. The van der Waals surface area contributed by atoms with Crippen LogP contribution in [0.1, 0.15) is 31.2 Å². The third-order valence-corrected chi connectivity index (χ3v) is 7.36. The molecule has 9 nitrogen and oxygen atoms in total. The van der Waals surface area contributed by atoms with Crippen molar-refractivity contribution in [2.24, 2.45) is 0 Å². The molecule has 0 bridgehead atoms. The Bertz CT molecular complexity index is 1470.